The van der Waals surface area contributed by atoms with Crippen LogP contribution in [0, 0.1) is 0 Å². The van der Waals surface area contributed by atoms with Gasteiger partial charge in [0.15, 0.2) is 0 Å². The van der Waals surface area contributed by atoms with Crippen molar-refractivity contribution < 1.29 is 4.74 Å². The van der Waals surface area contributed by atoms with Crippen LogP contribution in [0.4, 0.5) is 0 Å². The summed E-state index contributed by atoms with van der Waals surface area (Å²) in [6, 6.07) is 1.42. The maximum Gasteiger partial charge on any atom is 0.0586 e. The van der Waals surface area contributed by atoms with Crippen molar-refractivity contribution in [3.8, 4) is 0 Å². The molecule has 2 aliphatic rings. The Morgan fingerprint density at radius 1 is 1.16 bits per heavy atom. The molecule has 0 radical (unpaired) electrons. The van der Waals surface area contributed by atoms with Crippen LogP contribution in [-0.2, 0) is 4.74 Å². The van der Waals surface area contributed by atoms with Gasteiger partial charge in [-0.25, -0.2) is 0 Å². The summed E-state index contributed by atoms with van der Waals surface area (Å²) in [5.41, 5.74) is 1.43. The van der Waals surface area contributed by atoms with Crippen LogP contribution >= 0.6 is 0 Å². The van der Waals surface area contributed by atoms with E-state index in [1.807, 2.05) is 7.11 Å². The molecule has 1 aliphatic heterocycles. The Hall–Kier alpha value is -0.380. The van der Waals surface area contributed by atoms with Crippen molar-refractivity contribution in [2.75, 3.05) is 26.7 Å². The monoisotopic (exact) mass is 266 g/mol. The maximum atomic E-state index is 5.45. The number of likely N-dealkylation sites (tertiary alicyclic amines) is 1. The highest BCUT2D eigenvalue weighted by Crippen LogP contribution is 2.23. The minimum atomic E-state index is 0.496. The van der Waals surface area contributed by atoms with Crippen LogP contribution < -0.4 is 5.32 Å². The molecular formula is C16H30N2O. The third-order valence-electron chi connectivity index (χ3n) is 4.53. The summed E-state index contributed by atoms with van der Waals surface area (Å²) in [4.78, 5) is 2.57. The highest BCUT2D eigenvalue weighted by atomic mass is 16.5. The molecule has 2 fully saturated rings. The van der Waals surface area contributed by atoms with Crippen LogP contribution in [0.2, 0.25) is 0 Å². The SMILES string of the molecule is COC1CCC(NC2CCN(CC=C(C)C)CC2)C1. The fourth-order valence-electron chi connectivity index (χ4n) is 3.23. The summed E-state index contributed by atoms with van der Waals surface area (Å²) in [6.07, 6.45) is 9.15. The molecule has 0 spiro atoms. The lowest BCUT2D eigenvalue weighted by molar-refractivity contribution is 0.105. The van der Waals surface area contributed by atoms with Crippen LogP contribution in [-0.4, -0.2) is 49.8 Å². The van der Waals surface area contributed by atoms with E-state index in [1.165, 1.54) is 50.8 Å². The highest BCUT2D eigenvalue weighted by Gasteiger charge is 2.27. The van der Waals surface area contributed by atoms with Gasteiger partial charge in [-0.2, -0.15) is 0 Å². The van der Waals surface area contributed by atoms with Gasteiger partial charge in [0.25, 0.3) is 0 Å². The molecule has 0 amide bonds. The summed E-state index contributed by atoms with van der Waals surface area (Å²) in [5.74, 6) is 0. The van der Waals surface area contributed by atoms with Gasteiger partial charge in [0, 0.05) is 25.7 Å². The molecule has 0 aromatic carbocycles. The average Bonchev–Trinajstić information content (AvgIpc) is 2.85. The fourth-order valence-corrected chi connectivity index (χ4v) is 3.23. The van der Waals surface area contributed by atoms with Crippen molar-refractivity contribution in [1.82, 2.24) is 10.2 Å². The predicted molar refractivity (Wildman–Crippen MR) is 80.5 cm³/mol. The van der Waals surface area contributed by atoms with E-state index in [-0.39, 0.29) is 0 Å². The van der Waals surface area contributed by atoms with Gasteiger partial charge >= 0.3 is 0 Å². The van der Waals surface area contributed by atoms with Crippen molar-refractivity contribution in [3.63, 3.8) is 0 Å². The quantitative estimate of drug-likeness (QED) is 0.774. The van der Waals surface area contributed by atoms with E-state index in [9.17, 15) is 0 Å². The Morgan fingerprint density at radius 2 is 1.89 bits per heavy atom. The van der Waals surface area contributed by atoms with Gasteiger partial charge in [0.1, 0.15) is 0 Å². The molecule has 19 heavy (non-hydrogen) atoms. The number of methoxy groups -OCH3 is 1. The number of piperidine rings is 1. The first kappa shape index (κ1) is 15.0. The van der Waals surface area contributed by atoms with Gasteiger partial charge in [-0.05, 0) is 59.0 Å². The van der Waals surface area contributed by atoms with Gasteiger partial charge in [0.2, 0.25) is 0 Å². The Balaban J connectivity index is 1.65. The minimum Gasteiger partial charge on any atom is -0.381 e. The molecule has 2 rings (SSSR count). The smallest absolute Gasteiger partial charge is 0.0586 e. The minimum absolute atomic E-state index is 0.496. The first-order valence-electron chi connectivity index (χ1n) is 7.82. The van der Waals surface area contributed by atoms with Gasteiger partial charge in [-0.3, -0.25) is 4.90 Å². The Labute approximate surface area is 118 Å². The van der Waals surface area contributed by atoms with Crippen LogP contribution in [0.15, 0.2) is 11.6 Å². The topological polar surface area (TPSA) is 24.5 Å². The highest BCUT2D eigenvalue weighted by molar-refractivity contribution is 4.96. The normalized spacial score (nSPS) is 29.6. The number of ether oxygens (including phenoxy) is 1. The lowest BCUT2D eigenvalue weighted by Gasteiger charge is -2.33. The molecule has 1 heterocycles. The van der Waals surface area contributed by atoms with Crippen molar-refractivity contribution in [3.05, 3.63) is 11.6 Å². The second-order valence-electron chi connectivity index (χ2n) is 6.39. The van der Waals surface area contributed by atoms with Crippen molar-refractivity contribution >= 4 is 0 Å². The zero-order chi connectivity index (χ0) is 13.7. The number of allylic oxidation sites excluding steroid dienone is 1. The van der Waals surface area contributed by atoms with Crippen molar-refractivity contribution in [1.29, 1.82) is 0 Å². The average molecular weight is 266 g/mol. The molecule has 3 nitrogen and oxygen atoms in total. The van der Waals surface area contributed by atoms with E-state index in [0.717, 1.165) is 12.6 Å². The molecule has 1 N–H and O–H groups in total. The van der Waals surface area contributed by atoms with E-state index < -0.39 is 0 Å². The fraction of sp³-hybridized carbons (Fsp3) is 0.875. The van der Waals surface area contributed by atoms with Crippen LogP contribution in [0.5, 0.6) is 0 Å². The van der Waals surface area contributed by atoms with Crippen LogP contribution in [0.3, 0.4) is 0 Å². The molecular weight excluding hydrogens is 236 g/mol. The van der Waals surface area contributed by atoms with E-state index in [4.69, 9.17) is 4.74 Å². The zero-order valence-corrected chi connectivity index (χ0v) is 12.8. The standard InChI is InChI=1S/C16H30N2O/c1-13(2)6-9-18-10-7-14(8-11-18)17-15-4-5-16(12-15)19-3/h6,14-17H,4-5,7-12H2,1-3H3. The zero-order valence-electron chi connectivity index (χ0n) is 12.8. The predicted octanol–water partition coefficient (Wildman–Crippen LogP) is 2.57. The van der Waals surface area contributed by atoms with E-state index in [0.29, 0.717) is 12.1 Å². The number of nitrogens with zero attached hydrogens (tertiary/aromatic N) is 1. The molecule has 1 saturated carbocycles. The second kappa shape index (κ2) is 7.41. The largest absolute Gasteiger partial charge is 0.381 e. The van der Waals surface area contributed by atoms with Crippen molar-refractivity contribution in [2.24, 2.45) is 0 Å². The van der Waals surface area contributed by atoms with E-state index in [2.05, 4.69) is 30.1 Å². The number of hydrogen-bond donors (Lipinski definition) is 1. The first-order valence-corrected chi connectivity index (χ1v) is 7.82. The lowest BCUT2D eigenvalue weighted by atomic mass is 10.0. The summed E-state index contributed by atoms with van der Waals surface area (Å²) in [6.45, 7) is 7.97. The second-order valence-corrected chi connectivity index (χ2v) is 6.39. The molecule has 0 bridgehead atoms. The van der Waals surface area contributed by atoms with Crippen molar-refractivity contribution in [2.45, 2.75) is 64.1 Å². The van der Waals surface area contributed by atoms with Gasteiger partial charge in [-0.15, -0.1) is 0 Å². The maximum absolute atomic E-state index is 5.45. The number of rotatable bonds is 5. The summed E-state index contributed by atoms with van der Waals surface area (Å²) in [5, 5.41) is 3.85. The molecule has 2 atom stereocenters. The summed E-state index contributed by atoms with van der Waals surface area (Å²) >= 11 is 0. The van der Waals surface area contributed by atoms with Crippen LogP contribution in [0.1, 0.15) is 46.0 Å². The molecule has 1 aliphatic carbocycles. The summed E-state index contributed by atoms with van der Waals surface area (Å²) in [7, 11) is 1.84. The Kier molecular flexibility index (Phi) is 5.86. The third kappa shape index (κ3) is 4.90. The molecule has 0 aromatic heterocycles. The van der Waals surface area contributed by atoms with Gasteiger partial charge in [0.05, 0.1) is 6.10 Å². The molecule has 2 unspecified atom stereocenters. The van der Waals surface area contributed by atoms with E-state index >= 15 is 0 Å². The van der Waals surface area contributed by atoms with Gasteiger partial charge in [-0.1, -0.05) is 11.6 Å². The number of nitrogens with one attached hydrogen (secondary N) is 1. The molecule has 110 valence electrons. The summed E-state index contributed by atoms with van der Waals surface area (Å²) < 4.78 is 5.45. The van der Waals surface area contributed by atoms with Crippen LogP contribution in [0.25, 0.3) is 0 Å². The lowest BCUT2D eigenvalue weighted by Crippen LogP contribution is -2.45. The Morgan fingerprint density at radius 3 is 2.47 bits per heavy atom. The third-order valence-corrected chi connectivity index (χ3v) is 4.53. The first-order chi connectivity index (χ1) is 9.17. The van der Waals surface area contributed by atoms with Gasteiger partial charge < -0.3 is 10.1 Å². The molecule has 0 aromatic rings. The Bertz CT molecular complexity index is 291. The molecule has 1 saturated heterocycles. The van der Waals surface area contributed by atoms with E-state index in [1.54, 1.807) is 0 Å². The molecule has 3 heteroatoms. The number of hydrogen-bond acceptors (Lipinski definition) is 3.